The molecule has 1 aromatic heterocycles. The van der Waals surface area contributed by atoms with Crippen LogP contribution in [0.25, 0.3) is 0 Å². The van der Waals surface area contributed by atoms with E-state index in [1.807, 2.05) is 12.5 Å². The molecule has 1 N–H and O–H groups in total. The molecule has 0 aromatic carbocycles. The molecule has 0 bridgehead atoms. The van der Waals surface area contributed by atoms with Gasteiger partial charge in [-0.1, -0.05) is 0 Å². The van der Waals surface area contributed by atoms with Crippen molar-refractivity contribution in [2.75, 3.05) is 13.2 Å². The van der Waals surface area contributed by atoms with Gasteiger partial charge in [0.2, 0.25) is 0 Å². The molecule has 0 amide bonds. The number of nitrogens with zero attached hydrogens (tertiary/aromatic N) is 2. The Morgan fingerprint density at radius 1 is 1.47 bits per heavy atom. The molecule has 4 nitrogen and oxygen atoms in total. The topological polar surface area (TPSA) is 39.1 Å². The van der Waals surface area contributed by atoms with Crippen LogP contribution in [0.2, 0.25) is 0 Å². The van der Waals surface area contributed by atoms with Gasteiger partial charge < -0.3 is 14.6 Å². The summed E-state index contributed by atoms with van der Waals surface area (Å²) in [4.78, 5) is 4.27. The summed E-state index contributed by atoms with van der Waals surface area (Å²) in [7, 11) is 0. The first kappa shape index (κ1) is 14.5. The first-order valence-electron chi connectivity index (χ1n) is 7.38. The molecule has 1 aromatic rings. The van der Waals surface area contributed by atoms with Crippen LogP contribution in [0.15, 0.2) is 12.5 Å². The minimum Gasteiger partial charge on any atom is -0.372 e. The fourth-order valence-electron chi connectivity index (χ4n) is 2.65. The van der Waals surface area contributed by atoms with Gasteiger partial charge in [-0.05, 0) is 40.5 Å². The van der Waals surface area contributed by atoms with Crippen LogP contribution in [0, 0.1) is 5.92 Å². The molecule has 0 saturated carbocycles. The Kier molecular flexibility index (Phi) is 4.63. The van der Waals surface area contributed by atoms with Crippen molar-refractivity contribution in [2.24, 2.45) is 5.92 Å². The first-order chi connectivity index (χ1) is 9.01. The number of aromatic nitrogens is 2. The van der Waals surface area contributed by atoms with E-state index in [2.05, 4.69) is 42.6 Å². The number of imidazole rings is 1. The van der Waals surface area contributed by atoms with Crippen LogP contribution in [0.1, 0.15) is 52.3 Å². The second-order valence-electron chi connectivity index (χ2n) is 6.43. The molecule has 108 valence electrons. The molecule has 4 heteroatoms. The van der Waals surface area contributed by atoms with E-state index in [9.17, 15) is 0 Å². The Morgan fingerprint density at radius 3 is 2.95 bits per heavy atom. The molecule has 2 rings (SSSR count). The van der Waals surface area contributed by atoms with E-state index in [0.717, 1.165) is 26.1 Å². The molecule has 2 atom stereocenters. The van der Waals surface area contributed by atoms with E-state index < -0.39 is 0 Å². The zero-order valence-corrected chi connectivity index (χ0v) is 12.6. The van der Waals surface area contributed by atoms with Crippen molar-refractivity contribution >= 4 is 0 Å². The van der Waals surface area contributed by atoms with Crippen molar-refractivity contribution in [3.05, 3.63) is 18.2 Å². The lowest BCUT2D eigenvalue weighted by molar-refractivity contribution is -0.0335. The monoisotopic (exact) mass is 265 g/mol. The summed E-state index contributed by atoms with van der Waals surface area (Å²) >= 11 is 0. The molecule has 0 aliphatic carbocycles. The van der Waals surface area contributed by atoms with Gasteiger partial charge in [0.05, 0.1) is 18.2 Å². The van der Waals surface area contributed by atoms with Crippen LogP contribution >= 0.6 is 0 Å². The zero-order chi connectivity index (χ0) is 13.9. The van der Waals surface area contributed by atoms with Gasteiger partial charge in [-0.25, -0.2) is 4.98 Å². The average Bonchev–Trinajstić information content (AvgIpc) is 2.84. The van der Waals surface area contributed by atoms with Crippen LogP contribution in [0.5, 0.6) is 0 Å². The summed E-state index contributed by atoms with van der Waals surface area (Å²) in [6.07, 6.45) is 6.44. The number of ether oxygens (including phenoxy) is 1. The predicted molar refractivity (Wildman–Crippen MR) is 77.1 cm³/mol. The molecule has 1 saturated heterocycles. The lowest BCUT2D eigenvalue weighted by Crippen LogP contribution is -2.42. The quantitative estimate of drug-likeness (QED) is 0.910. The van der Waals surface area contributed by atoms with Crippen LogP contribution in [-0.4, -0.2) is 28.2 Å². The molecular formula is C15H27N3O. The van der Waals surface area contributed by atoms with Crippen LogP contribution in [-0.2, 0) is 11.3 Å². The second-order valence-corrected chi connectivity index (χ2v) is 6.43. The van der Waals surface area contributed by atoms with Gasteiger partial charge in [0.15, 0.2) is 0 Å². The van der Waals surface area contributed by atoms with Crippen molar-refractivity contribution in [1.82, 2.24) is 14.9 Å². The molecule has 2 unspecified atom stereocenters. The minimum absolute atomic E-state index is 0.160. The highest BCUT2D eigenvalue weighted by atomic mass is 16.5. The number of rotatable bonds is 4. The summed E-state index contributed by atoms with van der Waals surface area (Å²) in [5.74, 6) is 0.537. The van der Waals surface area contributed by atoms with E-state index in [1.165, 1.54) is 12.1 Å². The van der Waals surface area contributed by atoms with Gasteiger partial charge >= 0.3 is 0 Å². The SMILES string of the molecule is CCn1cncc1C1OCCCC1CNC(C)(C)C. The third-order valence-corrected chi connectivity index (χ3v) is 3.72. The largest absolute Gasteiger partial charge is 0.372 e. The van der Waals surface area contributed by atoms with E-state index in [-0.39, 0.29) is 11.6 Å². The summed E-state index contributed by atoms with van der Waals surface area (Å²) in [5, 5.41) is 3.61. The van der Waals surface area contributed by atoms with Gasteiger partial charge in [0.25, 0.3) is 0 Å². The molecule has 0 radical (unpaired) electrons. The van der Waals surface area contributed by atoms with Gasteiger partial charge in [0.1, 0.15) is 6.10 Å². The normalized spacial score (nSPS) is 24.6. The van der Waals surface area contributed by atoms with Crippen molar-refractivity contribution < 1.29 is 4.74 Å². The van der Waals surface area contributed by atoms with Crippen molar-refractivity contribution in [3.8, 4) is 0 Å². The maximum absolute atomic E-state index is 6.04. The lowest BCUT2D eigenvalue weighted by atomic mass is 9.91. The summed E-state index contributed by atoms with van der Waals surface area (Å²) in [5.41, 5.74) is 1.38. The number of hydrogen-bond acceptors (Lipinski definition) is 3. The van der Waals surface area contributed by atoms with E-state index in [1.54, 1.807) is 0 Å². The highest BCUT2D eigenvalue weighted by molar-refractivity contribution is 5.06. The standard InChI is InChI=1S/C15H27N3O/c1-5-18-11-16-10-13(18)14-12(7-6-8-19-14)9-17-15(2,3)4/h10-12,14,17H,5-9H2,1-4H3. The summed E-state index contributed by atoms with van der Waals surface area (Å²) < 4.78 is 8.24. The Bertz CT molecular complexity index is 394. The van der Waals surface area contributed by atoms with Gasteiger partial charge in [-0.3, -0.25) is 0 Å². The Morgan fingerprint density at radius 2 is 2.26 bits per heavy atom. The Balaban J connectivity index is 2.07. The Labute approximate surface area is 116 Å². The molecule has 0 spiro atoms. The van der Waals surface area contributed by atoms with Gasteiger partial charge in [-0.2, -0.15) is 0 Å². The highest BCUT2D eigenvalue weighted by Crippen LogP contribution is 2.33. The third kappa shape index (κ3) is 3.80. The van der Waals surface area contributed by atoms with Gasteiger partial charge in [0, 0.05) is 31.2 Å². The predicted octanol–water partition coefficient (Wildman–Crippen LogP) is 2.76. The summed E-state index contributed by atoms with van der Waals surface area (Å²) in [6.45, 7) is 11.6. The van der Waals surface area contributed by atoms with Crippen LogP contribution in [0.3, 0.4) is 0 Å². The maximum atomic E-state index is 6.04. The molecule has 19 heavy (non-hydrogen) atoms. The first-order valence-corrected chi connectivity index (χ1v) is 7.38. The lowest BCUT2D eigenvalue weighted by Gasteiger charge is -2.34. The molecule has 1 fully saturated rings. The van der Waals surface area contributed by atoms with Crippen molar-refractivity contribution in [2.45, 2.75) is 58.7 Å². The van der Waals surface area contributed by atoms with E-state index >= 15 is 0 Å². The summed E-state index contributed by atoms with van der Waals surface area (Å²) in [6, 6.07) is 0. The zero-order valence-electron chi connectivity index (χ0n) is 12.6. The van der Waals surface area contributed by atoms with Crippen LogP contribution < -0.4 is 5.32 Å². The van der Waals surface area contributed by atoms with E-state index in [0.29, 0.717) is 5.92 Å². The van der Waals surface area contributed by atoms with Crippen molar-refractivity contribution in [3.63, 3.8) is 0 Å². The Hall–Kier alpha value is -0.870. The average molecular weight is 265 g/mol. The molecule has 2 heterocycles. The van der Waals surface area contributed by atoms with E-state index in [4.69, 9.17) is 4.74 Å². The van der Waals surface area contributed by atoms with Crippen molar-refractivity contribution in [1.29, 1.82) is 0 Å². The molecular weight excluding hydrogens is 238 g/mol. The number of aryl methyl sites for hydroxylation is 1. The fourth-order valence-corrected chi connectivity index (χ4v) is 2.65. The highest BCUT2D eigenvalue weighted by Gasteiger charge is 2.30. The fraction of sp³-hybridized carbons (Fsp3) is 0.800. The number of hydrogen-bond donors (Lipinski definition) is 1. The van der Waals surface area contributed by atoms with Crippen LogP contribution in [0.4, 0.5) is 0 Å². The van der Waals surface area contributed by atoms with Gasteiger partial charge in [-0.15, -0.1) is 0 Å². The minimum atomic E-state index is 0.160. The number of nitrogens with one attached hydrogen (secondary N) is 1. The smallest absolute Gasteiger partial charge is 0.103 e. The second kappa shape index (κ2) is 6.06. The molecule has 1 aliphatic heterocycles. The maximum Gasteiger partial charge on any atom is 0.103 e. The molecule has 1 aliphatic rings. The third-order valence-electron chi connectivity index (χ3n) is 3.72.